The Labute approximate surface area is 96.2 Å². The Morgan fingerprint density at radius 3 is 2.67 bits per heavy atom. The van der Waals surface area contributed by atoms with E-state index < -0.39 is 0 Å². The number of nitrogens with two attached hydrogens (primary N) is 1. The molecule has 0 amide bonds. The molecule has 1 aromatic carbocycles. The van der Waals surface area contributed by atoms with Gasteiger partial charge in [0.25, 0.3) is 0 Å². The van der Waals surface area contributed by atoms with E-state index in [1.165, 1.54) is 16.0 Å². The lowest BCUT2D eigenvalue weighted by molar-refractivity contribution is 0.158. The van der Waals surface area contributed by atoms with Gasteiger partial charge < -0.3 is 10.5 Å². The van der Waals surface area contributed by atoms with Crippen molar-refractivity contribution in [3.05, 3.63) is 29.3 Å². The molecule has 84 valence electrons. The molecule has 1 rings (SSSR count). The maximum Gasteiger partial charge on any atom is 0.0589 e. The molecule has 0 aromatic heterocycles. The Morgan fingerprint density at radius 2 is 2.00 bits per heavy atom. The number of benzene rings is 1. The van der Waals surface area contributed by atoms with E-state index in [1.54, 1.807) is 0 Å². The number of ether oxygens (including phenoxy) is 1. The van der Waals surface area contributed by atoms with E-state index in [0.29, 0.717) is 13.2 Å². The molecule has 3 heteroatoms. The molecule has 0 unspecified atom stereocenters. The molecule has 2 nitrogen and oxygen atoms in total. The molecule has 0 saturated carbocycles. The maximum absolute atomic E-state index is 5.33. The van der Waals surface area contributed by atoms with Gasteiger partial charge in [0.1, 0.15) is 0 Å². The predicted octanol–water partition coefficient (Wildman–Crippen LogP) is 2.37. The summed E-state index contributed by atoms with van der Waals surface area (Å²) in [7, 11) is 0. The van der Waals surface area contributed by atoms with Crippen LogP contribution in [0.25, 0.3) is 0 Å². The van der Waals surface area contributed by atoms with Gasteiger partial charge >= 0.3 is 0 Å². The van der Waals surface area contributed by atoms with Gasteiger partial charge in [-0.15, -0.1) is 11.8 Å². The Balaban J connectivity index is 2.28. The Morgan fingerprint density at radius 1 is 1.20 bits per heavy atom. The summed E-state index contributed by atoms with van der Waals surface area (Å²) in [5, 5.41) is 0. The van der Waals surface area contributed by atoms with E-state index in [1.807, 2.05) is 11.8 Å². The average molecular weight is 225 g/mol. The minimum absolute atomic E-state index is 0.605. The number of hydrogen-bond acceptors (Lipinski definition) is 3. The van der Waals surface area contributed by atoms with Crippen LogP contribution in [0.1, 0.15) is 11.1 Å². The molecular formula is C12H19NOS. The van der Waals surface area contributed by atoms with Crippen LogP contribution >= 0.6 is 11.8 Å². The van der Waals surface area contributed by atoms with Gasteiger partial charge in [-0.2, -0.15) is 0 Å². The van der Waals surface area contributed by atoms with E-state index in [2.05, 4.69) is 32.0 Å². The first-order chi connectivity index (χ1) is 7.24. The lowest BCUT2D eigenvalue weighted by Crippen LogP contribution is -2.09. The molecule has 0 fully saturated rings. The Kier molecular flexibility index (Phi) is 5.76. The van der Waals surface area contributed by atoms with Crippen molar-refractivity contribution >= 4 is 11.8 Å². The zero-order valence-electron chi connectivity index (χ0n) is 9.45. The lowest BCUT2D eigenvalue weighted by atomic mass is 10.1. The quantitative estimate of drug-likeness (QED) is 0.596. The van der Waals surface area contributed by atoms with Gasteiger partial charge in [-0.25, -0.2) is 0 Å². The highest BCUT2D eigenvalue weighted by Crippen LogP contribution is 2.20. The van der Waals surface area contributed by atoms with Crippen LogP contribution in [0.3, 0.4) is 0 Å². The molecular weight excluding hydrogens is 206 g/mol. The van der Waals surface area contributed by atoms with Crippen LogP contribution in [-0.2, 0) is 4.74 Å². The molecule has 0 atom stereocenters. The molecule has 0 aliphatic heterocycles. The maximum atomic E-state index is 5.33. The first kappa shape index (κ1) is 12.6. The van der Waals surface area contributed by atoms with Crippen LogP contribution in [-0.4, -0.2) is 25.5 Å². The minimum Gasteiger partial charge on any atom is -0.379 e. The van der Waals surface area contributed by atoms with E-state index in [-0.39, 0.29) is 0 Å². The molecule has 0 radical (unpaired) electrons. The summed E-state index contributed by atoms with van der Waals surface area (Å²) in [4.78, 5) is 1.31. The standard InChI is InChI=1S/C12H19NOS/c1-10-3-4-12(9-11(10)2)15-8-7-14-6-5-13/h3-4,9H,5-8,13H2,1-2H3. The van der Waals surface area contributed by atoms with Gasteiger partial charge in [0.05, 0.1) is 13.2 Å². The highest BCUT2D eigenvalue weighted by molar-refractivity contribution is 7.99. The highest BCUT2D eigenvalue weighted by atomic mass is 32.2. The van der Waals surface area contributed by atoms with Crippen LogP contribution in [0.2, 0.25) is 0 Å². The molecule has 0 spiro atoms. The zero-order valence-corrected chi connectivity index (χ0v) is 10.3. The summed E-state index contributed by atoms with van der Waals surface area (Å²) in [6.07, 6.45) is 0. The molecule has 0 heterocycles. The average Bonchev–Trinajstić information content (AvgIpc) is 2.23. The topological polar surface area (TPSA) is 35.2 Å². The van der Waals surface area contributed by atoms with E-state index in [9.17, 15) is 0 Å². The summed E-state index contributed by atoms with van der Waals surface area (Å²) in [5.74, 6) is 0.989. The Hall–Kier alpha value is -0.510. The fourth-order valence-electron chi connectivity index (χ4n) is 1.21. The van der Waals surface area contributed by atoms with E-state index in [0.717, 1.165) is 12.4 Å². The zero-order chi connectivity index (χ0) is 11.1. The fraction of sp³-hybridized carbons (Fsp3) is 0.500. The van der Waals surface area contributed by atoms with E-state index >= 15 is 0 Å². The predicted molar refractivity (Wildman–Crippen MR) is 66.5 cm³/mol. The summed E-state index contributed by atoms with van der Waals surface area (Å²) in [6.45, 7) is 6.31. The lowest BCUT2D eigenvalue weighted by Gasteiger charge is -2.05. The minimum atomic E-state index is 0.605. The molecule has 1 aromatic rings. The first-order valence-corrected chi connectivity index (χ1v) is 6.20. The van der Waals surface area contributed by atoms with Crippen molar-refractivity contribution in [2.24, 2.45) is 5.73 Å². The molecule has 15 heavy (non-hydrogen) atoms. The summed E-state index contributed by atoms with van der Waals surface area (Å²) in [6, 6.07) is 6.55. The third kappa shape index (κ3) is 4.69. The van der Waals surface area contributed by atoms with Crippen molar-refractivity contribution in [3.63, 3.8) is 0 Å². The highest BCUT2D eigenvalue weighted by Gasteiger charge is 1.97. The monoisotopic (exact) mass is 225 g/mol. The number of rotatable bonds is 6. The second kappa shape index (κ2) is 6.88. The van der Waals surface area contributed by atoms with Crippen LogP contribution in [0.4, 0.5) is 0 Å². The molecule has 0 aliphatic rings. The summed E-state index contributed by atoms with van der Waals surface area (Å²) < 4.78 is 5.31. The second-order valence-electron chi connectivity index (χ2n) is 3.50. The Bertz CT molecular complexity index is 302. The van der Waals surface area contributed by atoms with Crippen molar-refractivity contribution in [1.82, 2.24) is 0 Å². The second-order valence-corrected chi connectivity index (χ2v) is 4.66. The SMILES string of the molecule is Cc1ccc(SCCOCCN)cc1C. The van der Waals surface area contributed by atoms with Crippen molar-refractivity contribution in [3.8, 4) is 0 Å². The molecule has 0 bridgehead atoms. The van der Waals surface area contributed by atoms with Crippen molar-refractivity contribution < 1.29 is 4.74 Å². The molecule has 0 aliphatic carbocycles. The van der Waals surface area contributed by atoms with Crippen molar-refractivity contribution in [2.75, 3.05) is 25.5 Å². The van der Waals surface area contributed by atoms with Crippen molar-refractivity contribution in [2.45, 2.75) is 18.7 Å². The van der Waals surface area contributed by atoms with Gasteiger partial charge in [0.2, 0.25) is 0 Å². The van der Waals surface area contributed by atoms with Gasteiger partial charge in [0, 0.05) is 17.2 Å². The van der Waals surface area contributed by atoms with Crippen LogP contribution < -0.4 is 5.73 Å². The van der Waals surface area contributed by atoms with E-state index in [4.69, 9.17) is 10.5 Å². The van der Waals surface area contributed by atoms with Crippen LogP contribution in [0.15, 0.2) is 23.1 Å². The van der Waals surface area contributed by atoms with Crippen LogP contribution in [0.5, 0.6) is 0 Å². The normalized spacial score (nSPS) is 10.6. The summed E-state index contributed by atoms with van der Waals surface area (Å²) >= 11 is 1.83. The third-order valence-corrected chi connectivity index (χ3v) is 3.20. The number of aryl methyl sites for hydroxylation is 2. The van der Waals surface area contributed by atoms with Gasteiger partial charge in [-0.3, -0.25) is 0 Å². The van der Waals surface area contributed by atoms with Crippen LogP contribution in [0, 0.1) is 13.8 Å². The largest absolute Gasteiger partial charge is 0.379 e. The smallest absolute Gasteiger partial charge is 0.0589 e. The summed E-state index contributed by atoms with van der Waals surface area (Å²) in [5.41, 5.74) is 8.02. The molecule has 2 N–H and O–H groups in total. The van der Waals surface area contributed by atoms with Gasteiger partial charge in [0.15, 0.2) is 0 Å². The first-order valence-electron chi connectivity index (χ1n) is 5.22. The third-order valence-electron chi connectivity index (χ3n) is 2.24. The molecule has 0 saturated heterocycles. The van der Waals surface area contributed by atoms with Gasteiger partial charge in [-0.1, -0.05) is 6.07 Å². The number of thioether (sulfide) groups is 1. The van der Waals surface area contributed by atoms with Crippen molar-refractivity contribution in [1.29, 1.82) is 0 Å². The number of hydrogen-bond donors (Lipinski definition) is 1. The fourth-order valence-corrected chi connectivity index (χ4v) is 2.07. The van der Waals surface area contributed by atoms with Gasteiger partial charge in [-0.05, 0) is 37.1 Å².